The average Bonchev–Trinajstić information content (AvgIpc) is 2.63. The van der Waals surface area contributed by atoms with Crippen molar-refractivity contribution < 1.29 is 14.7 Å². The topological polar surface area (TPSA) is 83.6 Å². The van der Waals surface area contributed by atoms with Crippen LogP contribution in [0.25, 0.3) is 0 Å². The van der Waals surface area contributed by atoms with Gasteiger partial charge in [0.15, 0.2) is 0 Å². The SMILES string of the molecule is CC(C(=O)O)N1C(=O)Cc2cc(CCN)ccc21. The molecule has 96 valence electrons. The Labute approximate surface area is 105 Å². The van der Waals surface area contributed by atoms with Crippen molar-refractivity contribution in [3.8, 4) is 0 Å². The molecule has 1 atom stereocenters. The summed E-state index contributed by atoms with van der Waals surface area (Å²) in [6.07, 6.45) is 1.03. The molecule has 1 aromatic carbocycles. The smallest absolute Gasteiger partial charge is 0.326 e. The minimum Gasteiger partial charge on any atom is -0.480 e. The molecule has 0 saturated heterocycles. The van der Waals surface area contributed by atoms with Crippen molar-refractivity contribution in [1.82, 2.24) is 0 Å². The van der Waals surface area contributed by atoms with E-state index in [2.05, 4.69) is 0 Å². The van der Waals surface area contributed by atoms with E-state index in [-0.39, 0.29) is 12.3 Å². The van der Waals surface area contributed by atoms with Gasteiger partial charge in [-0.2, -0.15) is 0 Å². The first-order valence-corrected chi connectivity index (χ1v) is 5.91. The van der Waals surface area contributed by atoms with Crippen LogP contribution in [0.15, 0.2) is 18.2 Å². The lowest BCUT2D eigenvalue weighted by molar-refractivity contribution is -0.139. The van der Waals surface area contributed by atoms with Crippen LogP contribution in [0.4, 0.5) is 5.69 Å². The maximum absolute atomic E-state index is 11.9. The zero-order valence-corrected chi connectivity index (χ0v) is 10.2. The minimum absolute atomic E-state index is 0.162. The number of carbonyl (C=O) groups is 2. The van der Waals surface area contributed by atoms with Crippen LogP contribution in [-0.2, 0) is 22.4 Å². The van der Waals surface area contributed by atoms with Crippen molar-refractivity contribution in [3.63, 3.8) is 0 Å². The normalized spacial score (nSPS) is 15.7. The molecule has 0 radical (unpaired) electrons. The van der Waals surface area contributed by atoms with Crippen molar-refractivity contribution in [2.45, 2.75) is 25.8 Å². The molecular formula is C13H16N2O3. The van der Waals surface area contributed by atoms with Crippen molar-refractivity contribution >= 4 is 17.6 Å². The molecular weight excluding hydrogens is 232 g/mol. The zero-order valence-electron chi connectivity index (χ0n) is 10.2. The predicted molar refractivity (Wildman–Crippen MR) is 67.5 cm³/mol. The summed E-state index contributed by atoms with van der Waals surface area (Å²) in [7, 11) is 0. The van der Waals surface area contributed by atoms with E-state index in [4.69, 9.17) is 10.8 Å². The van der Waals surface area contributed by atoms with E-state index in [0.29, 0.717) is 12.2 Å². The first-order valence-electron chi connectivity index (χ1n) is 5.91. The van der Waals surface area contributed by atoms with Crippen LogP contribution in [0.1, 0.15) is 18.1 Å². The maximum atomic E-state index is 11.9. The molecule has 0 aliphatic carbocycles. The highest BCUT2D eigenvalue weighted by Gasteiger charge is 2.34. The highest BCUT2D eigenvalue weighted by molar-refractivity contribution is 6.05. The molecule has 1 aromatic rings. The van der Waals surface area contributed by atoms with E-state index in [1.807, 2.05) is 18.2 Å². The van der Waals surface area contributed by atoms with E-state index in [1.54, 1.807) is 0 Å². The van der Waals surface area contributed by atoms with E-state index in [9.17, 15) is 9.59 Å². The van der Waals surface area contributed by atoms with Crippen LogP contribution in [0.3, 0.4) is 0 Å². The number of carboxylic acid groups (broad SMARTS) is 1. The van der Waals surface area contributed by atoms with Gasteiger partial charge in [-0.15, -0.1) is 0 Å². The lowest BCUT2D eigenvalue weighted by Gasteiger charge is -2.21. The van der Waals surface area contributed by atoms with Gasteiger partial charge in [-0.05, 0) is 37.1 Å². The summed E-state index contributed by atoms with van der Waals surface area (Å²) in [6.45, 7) is 2.07. The van der Waals surface area contributed by atoms with Crippen LogP contribution in [0.2, 0.25) is 0 Å². The molecule has 1 aliphatic rings. The summed E-state index contributed by atoms with van der Waals surface area (Å²) in [5.41, 5.74) is 8.16. The molecule has 1 amide bonds. The van der Waals surface area contributed by atoms with E-state index in [0.717, 1.165) is 17.5 Å². The Morgan fingerprint density at radius 3 is 2.89 bits per heavy atom. The Hall–Kier alpha value is -1.88. The lowest BCUT2D eigenvalue weighted by atomic mass is 10.1. The standard InChI is InChI=1S/C13H16N2O3/c1-8(13(17)18)15-11-3-2-9(4-5-14)6-10(11)7-12(15)16/h2-3,6,8H,4-5,7,14H2,1H3,(H,17,18). The molecule has 0 fully saturated rings. The number of rotatable bonds is 4. The molecule has 1 unspecified atom stereocenters. The first-order chi connectivity index (χ1) is 8.54. The van der Waals surface area contributed by atoms with E-state index < -0.39 is 12.0 Å². The molecule has 18 heavy (non-hydrogen) atoms. The molecule has 0 saturated carbocycles. The average molecular weight is 248 g/mol. The summed E-state index contributed by atoms with van der Waals surface area (Å²) in [5.74, 6) is -1.16. The van der Waals surface area contributed by atoms with Crippen molar-refractivity contribution in [2.75, 3.05) is 11.4 Å². The van der Waals surface area contributed by atoms with Gasteiger partial charge in [-0.25, -0.2) is 4.79 Å². The molecule has 0 aromatic heterocycles. The molecule has 0 bridgehead atoms. The number of hydrogen-bond donors (Lipinski definition) is 2. The van der Waals surface area contributed by atoms with Gasteiger partial charge in [-0.3, -0.25) is 9.69 Å². The number of fused-ring (bicyclic) bond motifs is 1. The van der Waals surface area contributed by atoms with Gasteiger partial charge in [0.1, 0.15) is 6.04 Å². The summed E-state index contributed by atoms with van der Waals surface area (Å²) in [5, 5.41) is 9.01. The van der Waals surface area contributed by atoms with Crippen molar-refractivity contribution in [2.24, 2.45) is 5.73 Å². The monoisotopic (exact) mass is 248 g/mol. The molecule has 5 nitrogen and oxygen atoms in total. The summed E-state index contributed by atoms with van der Waals surface area (Å²) < 4.78 is 0. The molecule has 1 heterocycles. The van der Waals surface area contributed by atoms with Crippen LogP contribution >= 0.6 is 0 Å². The zero-order chi connectivity index (χ0) is 13.3. The fraction of sp³-hybridized carbons (Fsp3) is 0.385. The van der Waals surface area contributed by atoms with Gasteiger partial charge >= 0.3 is 5.97 Å². The minimum atomic E-state index is -0.998. The first kappa shape index (κ1) is 12.6. The molecule has 5 heteroatoms. The molecule has 3 N–H and O–H groups in total. The van der Waals surface area contributed by atoms with Crippen LogP contribution in [0.5, 0.6) is 0 Å². The summed E-state index contributed by atoms with van der Waals surface area (Å²) in [6, 6.07) is 4.81. The van der Waals surface area contributed by atoms with Gasteiger partial charge in [0.05, 0.1) is 6.42 Å². The Bertz CT molecular complexity index is 499. The van der Waals surface area contributed by atoms with Gasteiger partial charge < -0.3 is 10.8 Å². The fourth-order valence-corrected chi connectivity index (χ4v) is 2.26. The summed E-state index contributed by atoms with van der Waals surface area (Å²) in [4.78, 5) is 24.2. The van der Waals surface area contributed by atoms with Crippen molar-refractivity contribution in [1.29, 1.82) is 0 Å². The number of aliphatic carboxylic acids is 1. The third-order valence-electron chi connectivity index (χ3n) is 3.19. The number of carbonyl (C=O) groups excluding carboxylic acids is 1. The highest BCUT2D eigenvalue weighted by atomic mass is 16.4. The van der Waals surface area contributed by atoms with Crippen LogP contribution in [0, 0.1) is 0 Å². The molecule has 2 rings (SSSR count). The third-order valence-corrected chi connectivity index (χ3v) is 3.19. The highest BCUT2D eigenvalue weighted by Crippen LogP contribution is 2.31. The van der Waals surface area contributed by atoms with Gasteiger partial charge in [0.2, 0.25) is 5.91 Å². The second kappa shape index (κ2) is 4.78. The largest absolute Gasteiger partial charge is 0.480 e. The number of nitrogens with zero attached hydrogens (tertiary/aromatic N) is 1. The molecule has 0 spiro atoms. The van der Waals surface area contributed by atoms with E-state index >= 15 is 0 Å². The second-order valence-corrected chi connectivity index (χ2v) is 4.46. The fourth-order valence-electron chi connectivity index (χ4n) is 2.26. The Morgan fingerprint density at radius 1 is 1.56 bits per heavy atom. The number of anilines is 1. The van der Waals surface area contributed by atoms with Crippen LogP contribution < -0.4 is 10.6 Å². The van der Waals surface area contributed by atoms with Crippen molar-refractivity contribution in [3.05, 3.63) is 29.3 Å². The Balaban J connectivity index is 2.35. The summed E-state index contributed by atoms with van der Waals surface area (Å²) >= 11 is 0. The lowest BCUT2D eigenvalue weighted by Crippen LogP contribution is -2.41. The number of nitrogens with two attached hydrogens (primary N) is 1. The number of amides is 1. The number of benzene rings is 1. The van der Waals surface area contributed by atoms with Gasteiger partial charge in [0, 0.05) is 5.69 Å². The van der Waals surface area contributed by atoms with Gasteiger partial charge in [0.25, 0.3) is 0 Å². The quantitative estimate of drug-likeness (QED) is 0.815. The number of carboxylic acids is 1. The maximum Gasteiger partial charge on any atom is 0.326 e. The molecule has 1 aliphatic heterocycles. The Morgan fingerprint density at radius 2 is 2.28 bits per heavy atom. The number of hydrogen-bond acceptors (Lipinski definition) is 3. The van der Waals surface area contributed by atoms with E-state index in [1.165, 1.54) is 11.8 Å². The van der Waals surface area contributed by atoms with Crippen LogP contribution in [-0.4, -0.2) is 29.6 Å². The third kappa shape index (κ3) is 2.09. The van der Waals surface area contributed by atoms with Gasteiger partial charge in [-0.1, -0.05) is 12.1 Å². The Kier molecular flexibility index (Phi) is 3.34. The second-order valence-electron chi connectivity index (χ2n) is 4.46. The predicted octanol–water partition coefficient (Wildman–Crippen LogP) is 0.550.